The number of piperazine rings is 1. The van der Waals surface area contributed by atoms with Crippen LogP contribution in [0, 0.1) is 0 Å². The molecule has 0 amide bonds. The fourth-order valence-corrected chi connectivity index (χ4v) is 2.03. The van der Waals surface area contributed by atoms with Crippen molar-refractivity contribution < 1.29 is 4.63 Å². The lowest BCUT2D eigenvalue weighted by Crippen LogP contribution is -2.44. The van der Waals surface area contributed by atoms with Crippen molar-refractivity contribution in [2.24, 2.45) is 0 Å². The molecule has 1 aromatic heterocycles. The number of hydrogen-bond acceptors (Lipinski definition) is 5. The highest BCUT2D eigenvalue weighted by Crippen LogP contribution is 2.20. The molecule has 16 heavy (non-hydrogen) atoms. The van der Waals surface area contributed by atoms with E-state index in [9.17, 15) is 0 Å². The SMILES string of the molecule is CN1CCN(c2ccc3nonc3c2)CC1. The molecule has 1 aliphatic rings. The Morgan fingerprint density at radius 2 is 1.81 bits per heavy atom. The van der Waals surface area contributed by atoms with Gasteiger partial charge in [0, 0.05) is 31.9 Å². The largest absolute Gasteiger partial charge is 0.369 e. The summed E-state index contributed by atoms with van der Waals surface area (Å²) in [6.45, 7) is 4.34. The number of nitrogens with zero attached hydrogens (tertiary/aromatic N) is 4. The molecule has 1 saturated heterocycles. The van der Waals surface area contributed by atoms with E-state index in [-0.39, 0.29) is 0 Å². The second kappa shape index (κ2) is 3.75. The van der Waals surface area contributed by atoms with Crippen LogP contribution in [0.15, 0.2) is 22.8 Å². The lowest BCUT2D eigenvalue weighted by molar-refractivity contribution is 0.312. The van der Waals surface area contributed by atoms with Crippen molar-refractivity contribution in [1.82, 2.24) is 15.2 Å². The quantitative estimate of drug-likeness (QED) is 0.713. The van der Waals surface area contributed by atoms with E-state index in [2.05, 4.69) is 33.2 Å². The lowest BCUT2D eigenvalue weighted by atomic mass is 10.2. The van der Waals surface area contributed by atoms with Crippen molar-refractivity contribution in [2.75, 3.05) is 38.1 Å². The van der Waals surface area contributed by atoms with Gasteiger partial charge < -0.3 is 9.80 Å². The molecule has 0 atom stereocenters. The Balaban J connectivity index is 1.87. The maximum absolute atomic E-state index is 4.70. The van der Waals surface area contributed by atoms with Crippen LogP contribution in [0.1, 0.15) is 0 Å². The summed E-state index contributed by atoms with van der Waals surface area (Å²) in [7, 11) is 2.15. The molecule has 0 spiro atoms. The van der Waals surface area contributed by atoms with Crippen LogP contribution >= 0.6 is 0 Å². The minimum Gasteiger partial charge on any atom is -0.369 e. The van der Waals surface area contributed by atoms with Crippen LogP contribution in [0.2, 0.25) is 0 Å². The van der Waals surface area contributed by atoms with E-state index in [1.165, 1.54) is 5.69 Å². The number of benzene rings is 1. The van der Waals surface area contributed by atoms with E-state index in [1.54, 1.807) is 0 Å². The lowest BCUT2D eigenvalue weighted by Gasteiger charge is -2.33. The Morgan fingerprint density at radius 1 is 1.06 bits per heavy atom. The van der Waals surface area contributed by atoms with Crippen molar-refractivity contribution in [3.8, 4) is 0 Å². The van der Waals surface area contributed by atoms with E-state index in [1.807, 2.05) is 12.1 Å². The fraction of sp³-hybridized carbons (Fsp3) is 0.455. The smallest absolute Gasteiger partial charge is 0.137 e. The van der Waals surface area contributed by atoms with Crippen molar-refractivity contribution in [3.63, 3.8) is 0 Å². The van der Waals surface area contributed by atoms with Crippen LogP contribution in [0.4, 0.5) is 5.69 Å². The van der Waals surface area contributed by atoms with E-state index in [4.69, 9.17) is 4.63 Å². The summed E-state index contributed by atoms with van der Waals surface area (Å²) >= 11 is 0. The van der Waals surface area contributed by atoms with Crippen LogP contribution in [-0.4, -0.2) is 48.4 Å². The van der Waals surface area contributed by atoms with Gasteiger partial charge in [-0.3, -0.25) is 0 Å². The molecule has 0 unspecified atom stereocenters. The standard InChI is InChI=1S/C11H14N4O/c1-14-4-6-15(7-5-14)9-2-3-10-11(8-9)13-16-12-10/h2-3,8H,4-7H2,1H3. The highest BCUT2D eigenvalue weighted by molar-refractivity contribution is 5.77. The summed E-state index contributed by atoms with van der Waals surface area (Å²) < 4.78 is 4.70. The first-order valence-electron chi connectivity index (χ1n) is 5.49. The molecule has 2 aromatic rings. The maximum atomic E-state index is 4.70. The van der Waals surface area contributed by atoms with Crippen LogP contribution < -0.4 is 4.90 Å². The summed E-state index contributed by atoms with van der Waals surface area (Å²) in [4.78, 5) is 4.71. The van der Waals surface area contributed by atoms with Gasteiger partial charge in [0.05, 0.1) is 0 Å². The third kappa shape index (κ3) is 1.63. The second-order valence-electron chi connectivity index (χ2n) is 4.23. The third-order valence-corrected chi connectivity index (χ3v) is 3.11. The highest BCUT2D eigenvalue weighted by atomic mass is 16.6. The summed E-state index contributed by atoms with van der Waals surface area (Å²) in [5.41, 5.74) is 2.85. The number of anilines is 1. The molecule has 1 fully saturated rings. The molecule has 0 N–H and O–H groups in total. The van der Waals surface area contributed by atoms with E-state index in [0.717, 1.165) is 37.2 Å². The Labute approximate surface area is 93.6 Å². The van der Waals surface area contributed by atoms with Crippen LogP contribution in [0.3, 0.4) is 0 Å². The normalized spacial score (nSPS) is 18.2. The average Bonchev–Trinajstić information content (AvgIpc) is 2.77. The first-order valence-corrected chi connectivity index (χ1v) is 5.49. The van der Waals surface area contributed by atoms with Gasteiger partial charge in [0.15, 0.2) is 0 Å². The molecule has 0 bridgehead atoms. The predicted octanol–water partition coefficient (Wildman–Crippen LogP) is 0.975. The summed E-state index contributed by atoms with van der Waals surface area (Å²) in [6.07, 6.45) is 0. The van der Waals surface area contributed by atoms with E-state index < -0.39 is 0 Å². The van der Waals surface area contributed by atoms with E-state index >= 15 is 0 Å². The van der Waals surface area contributed by atoms with Crippen molar-refractivity contribution >= 4 is 16.7 Å². The number of hydrogen-bond donors (Lipinski definition) is 0. The molecule has 5 nitrogen and oxygen atoms in total. The summed E-state index contributed by atoms with van der Waals surface area (Å²) in [6, 6.07) is 6.08. The van der Waals surface area contributed by atoms with Gasteiger partial charge >= 0.3 is 0 Å². The number of rotatable bonds is 1. The molecule has 0 radical (unpaired) electrons. The second-order valence-corrected chi connectivity index (χ2v) is 4.23. The Hall–Kier alpha value is -1.62. The van der Waals surface area contributed by atoms with Gasteiger partial charge in [-0.05, 0) is 35.6 Å². The predicted molar refractivity (Wildman–Crippen MR) is 61.5 cm³/mol. The fourth-order valence-electron chi connectivity index (χ4n) is 2.03. The van der Waals surface area contributed by atoms with Gasteiger partial charge in [0.1, 0.15) is 11.0 Å². The van der Waals surface area contributed by atoms with Gasteiger partial charge in [0.2, 0.25) is 0 Å². The summed E-state index contributed by atoms with van der Waals surface area (Å²) in [5, 5.41) is 7.67. The first kappa shape index (κ1) is 9.59. The molecular formula is C11H14N4O. The number of likely N-dealkylation sites (N-methyl/N-ethyl adjacent to an activating group) is 1. The molecule has 1 aliphatic heterocycles. The first-order chi connectivity index (χ1) is 7.83. The van der Waals surface area contributed by atoms with Gasteiger partial charge in [-0.15, -0.1) is 0 Å². The molecule has 84 valence electrons. The van der Waals surface area contributed by atoms with Gasteiger partial charge in [-0.2, -0.15) is 0 Å². The monoisotopic (exact) mass is 218 g/mol. The van der Waals surface area contributed by atoms with Gasteiger partial charge in [-0.25, -0.2) is 4.63 Å². The van der Waals surface area contributed by atoms with E-state index in [0.29, 0.717) is 0 Å². The van der Waals surface area contributed by atoms with Gasteiger partial charge in [-0.1, -0.05) is 0 Å². The molecule has 0 saturated carbocycles. The Kier molecular flexibility index (Phi) is 2.25. The van der Waals surface area contributed by atoms with Crippen molar-refractivity contribution in [1.29, 1.82) is 0 Å². The van der Waals surface area contributed by atoms with Gasteiger partial charge in [0.25, 0.3) is 0 Å². The van der Waals surface area contributed by atoms with Crippen LogP contribution in [0.5, 0.6) is 0 Å². The zero-order valence-electron chi connectivity index (χ0n) is 9.26. The minimum atomic E-state index is 0.817. The molecule has 0 aliphatic carbocycles. The number of fused-ring (bicyclic) bond motifs is 1. The molecule has 1 aromatic carbocycles. The van der Waals surface area contributed by atoms with Crippen LogP contribution in [0.25, 0.3) is 11.0 Å². The van der Waals surface area contributed by atoms with Crippen molar-refractivity contribution in [2.45, 2.75) is 0 Å². The topological polar surface area (TPSA) is 45.4 Å². The summed E-state index contributed by atoms with van der Waals surface area (Å²) in [5.74, 6) is 0. The molecule has 5 heteroatoms. The zero-order valence-corrected chi connectivity index (χ0v) is 9.26. The molecule has 3 rings (SSSR count). The molecular weight excluding hydrogens is 204 g/mol. The zero-order chi connectivity index (χ0) is 11.0. The van der Waals surface area contributed by atoms with Crippen molar-refractivity contribution in [3.05, 3.63) is 18.2 Å². The maximum Gasteiger partial charge on any atom is 0.137 e. The number of aromatic nitrogens is 2. The van der Waals surface area contributed by atoms with Crippen LogP contribution in [-0.2, 0) is 0 Å². The molecule has 2 heterocycles. The average molecular weight is 218 g/mol. The Bertz CT molecular complexity index is 487. The third-order valence-electron chi connectivity index (χ3n) is 3.11. The Morgan fingerprint density at radius 3 is 2.62 bits per heavy atom. The minimum absolute atomic E-state index is 0.817. The highest BCUT2D eigenvalue weighted by Gasteiger charge is 2.14.